The van der Waals surface area contributed by atoms with Crippen molar-refractivity contribution in [3.05, 3.63) is 90.3 Å². The van der Waals surface area contributed by atoms with Gasteiger partial charge >= 0.3 is 0 Å². The molecule has 1 aromatic heterocycles. The van der Waals surface area contributed by atoms with Crippen molar-refractivity contribution in [1.29, 1.82) is 0 Å². The van der Waals surface area contributed by atoms with Crippen LogP contribution in [0.3, 0.4) is 0 Å². The van der Waals surface area contributed by atoms with Crippen molar-refractivity contribution >= 4 is 40.6 Å². The smallest absolute Gasteiger partial charge is 0.225 e. The van der Waals surface area contributed by atoms with Crippen LogP contribution in [0, 0.1) is 6.92 Å². The summed E-state index contributed by atoms with van der Waals surface area (Å²) < 4.78 is 2.01. The minimum atomic E-state index is -0.161. The van der Waals surface area contributed by atoms with Gasteiger partial charge < -0.3 is 16.0 Å². The number of nitrogens with zero attached hydrogens (tertiary/aromatic N) is 3. The zero-order chi connectivity index (χ0) is 25.3. The van der Waals surface area contributed by atoms with E-state index < -0.39 is 0 Å². The van der Waals surface area contributed by atoms with E-state index in [2.05, 4.69) is 45.2 Å². The number of aromatic nitrogens is 3. The molecule has 0 saturated heterocycles. The first-order valence-electron chi connectivity index (χ1n) is 11.6. The number of carbonyl (C=O) groups is 2. The molecule has 0 fully saturated rings. The van der Waals surface area contributed by atoms with Crippen molar-refractivity contribution in [2.24, 2.45) is 0 Å². The third-order valence-corrected chi connectivity index (χ3v) is 6.17. The number of para-hydroxylation sites is 1. The van der Waals surface area contributed by atoms with Crippen LogP contribution in [0.4, 0.5) is 17.1 Å². The van der Waals surface area contributed by atoms with Gasteiger partial charge in [0, 0.05) is 41.8 Å². The summed E-state index contributed by atoms with van der Waals surface area (Å²) in [6.45, 7) is 4.01. The molecule has 184 valence electrons. The molecule has 0 unspecified atom stereocenters. The van der Waals surface area contributed by atoms with Gasteiger partial charge in [-0.2, -0.15) is 0 Å². The average Bonchev–Trinajstić information content (AvgIpc) is 3.26. The number of hydrogen-bond acceptors (Lipinski definition) is 6. The first-order chi connectivity index (χ1) is 17.5. The molecule has 2 amide bonds. The van der Waals surface area contributed by atoms with Crippen molar-refractivity contribution in [3.8, 4) is 5.69 Å². The van der Waals surface area contributed by atoms with Gasteiger partial charge in [-0.3, -0.25) is 14.2 Å². The fourth-order valence-corrected chi connectivity index (χ4v) is 4.44. The fraction of sp³-hybridized carbons (Fsp3) is 0.185. The number of thioether (sulfide) groups is 1. The van der Waals surface area contributed by atoms with Crippen LogP contribution in [-0.2, 0) is 16.1 Å². The summed E-state index contributed by atoms with van der Waals surface area (Å²) in [6.07, 6.45) is 0.299. The maximum atomic E-state index is 12.5. The predicted octanol–water partition coefficient (Wildman–Crippen LogP) is 5.27. The molecule has 8 nitrogen and oxygen atoms in total. The van der Waals surface area contributed by atoms with E-state index >= 15 is 0 Å². The van der Waals surface area contributed by atoms with Crippen LogP contribution in [-0.4, -0.2) is 32.3 Å². The van der Waals surface area contributed by atoms with Gasteiger partial charge in [-0.25, -0.2) is 0 Å². The molecule has 9 heteroatoms. The number of carbonyl (C=O) groups excluding carboxylic acids is 2. The van der Waals surface area contributed by atoms with E-state index in [1.54, 1.807) is 24.3 Å². The Morgan fingerprint density at radius 2 is 1.58 bits per heavy atom. The number of anilines is 3. The zero-order valence-corrected chi connectivity index (χ0v) is 21.0. The predicted molar refractivity (Wildman–Crippen MR) is 145 cm³/mol. The molecular formula is C27H28N6O2S. The van der Waals surface area contributed by atoms with Crippen molar-refractivity contribution in [3.63, 3.8) is 0 Å². The quantitative estimate of drug-likeness (QED) is 0.257. The van der Waals surface area contributed by atoms with Crippen molar-refractivity contribution in [2.75, 3.05) is 21.7 Å². The third kappa shape index (κ3) is 6.96. The van der Waals surface area contributed by atoms with Crippen molar-refractivity contribution in [2.45, 2.75) is 32.0 Å². The highest BCUT2D eigenvalue weighted by atomic mass is 32.2. The Kier molecular flexibility index (Phi) is 8.36. The molecule has 0 aliphatic rings. The molecule has 3 N–H and O–H groups in total. The van der Waals surface area contributed by atoms with Crippen LogP contribution >= 0.6 is 11.8 Å². The third-order valence-electron chi connectivity index (χ3n) is 5.24. The van der Waals surface area contributed by atoms with Crippen LogP contribution in [0.5, 0.6) is 0 Å². The number of amides is 2. The second kappa shape index (κ2) is 12.0. The summed E-state index contributed by atoms with van der Waals surface area (Å²) in [6, 6.07) is 25.2. The Bertz CT molecular complexity index is 1320. The maximum absolute atomic E-state index is 12.5. The Balaban J connectivity index is 1.39. The molecule has 0 saturated carbocycles. The van der Waals surface area contributed by atoms with E-state index in [-0.39, 0.29) is 11.8 Å². The Hall–Kier alpha value is -4.11. The van der Waals surface area contributed by atoms with Gasteiger partial charge in [0.25, 0.3) is 0 Å². The van der Waals surface area contributed by atoms with Crippen LogP contribution < -0.4 is 16.0 Å². The summed E-state index contributed by atoms with van der Waals surface area (Å²) in [4.78, 5) is 23.8. The van der Waals surface area contributed by atoms with E-state index in [1.807, 2.05) is 47.0 Å². The van der Waals surface area contributed by atoms with Crippen LogP contribution in [0.15, 0.2) is 84.0 Å². The minimum absolute atomic E-state index is 0.116. The summed E-state index contributed by atoms with van der Waals surface area (Å²) in [7, 11) is 0. The van der Waals surface area contributed by atoms with Gasteiger partial charge in [0.15, 0.2) is 11.0 Å². The lowest BCUT2D eigenvalue weighted by molar-refractivity contribution is -0.116. The largest absolute Gasteiger partial charge is 0.378 e. The standard InChI is InChI=1S/C27H28N6O2S/c1-19-11-13-21(14-12-19)28-18-25-31-32-27(33(25)24-9-4-3-5-10-24)36-16-15-26(35)30-23-8-6-7-22(17-23)29-20(2)34/h3-14,17,28H,15-16,18H2,1-2H3,(H,29,34)(H,30,35). The summed E-state index contributed by atoms with van der Waals surface area (Å²) in [5.41, 5.74) is 4.45. The normalized spacial score (nSPS) is 10.6. The topological polar surface area (TPSA) is 101 Å². The summed E-state index contributed by atoms with van der Waals surface area (Å²) >= 11 is 1.48. The number of rotatable bonds is 10. The van der Waals surface area contributed by atoms with Gasteiger partial charge in [0.05, 0.1) is 6.54 Å². The lowest BCUT2D eigenvalue weighted by Gasteiger charge is -2.12. The molecule has 36 heavy (non-hydrogen) atoms. The van der Waals surface area contributed by atoms with Gasteiger partial charge in [-0.05, 0) is 49.4 Å². The van der Waals surface area contributed by atoms with Crippen LogP contribution in [0.1, 0.15) is 24.7 Å². The molecule has 0 aliphatic carbocycles. The van der Waals surface area contributed by atoms with Gasteiger partial charge in [-0.1, -0.05) is 53.7 Å². The zero-order valence-electron chi connectivity index (χ0n) is 20.2. The Morgan fingerprint density at radius 3 is 2.31 bits per heavy atom. The molecule has 3 aromatic carbocycles. The number of nitrogens with one attached hydrogen (secondary N) is 3. The molecular weight excluding hydrogens is 472 g/mol. The molecule has 4 aromatic rings. The number of hydrogen-bond donors (Lipinski definition) is 3. The number of aryl methyl sites for hydroxylation is 1. The number of benzene rings is 3. The highest BCUT2D eigenvalue weighted by Gasteiger charge is 2.15. The van der Waals surface area contributed by atoms with E-state index in [4.69, 9.17) is 0 Å². The maximum Gasteiger partial charge on any atom is 0.225 e. The SMILES string of the molecule is CC(=O)Nc1cccc(NC(=O)CCSc2nnc(CNc3ccc(C)cc3)n2-c2ccccc2)c1. The summed E-state index contributed by atoms with van der Waals surface area (Å²) in [5, 5.41) is 18.5. The highest BCUT2D eigenvalue weighted by Crippen LogP contribution is 2.24. The van der Waals surface area contributed by atoms with E-state index in [9.17, 15) is 9.59 Å². The molecule has 0 spiro atoms. The first-order valence-corrected chi connectivity index (χ1v) is 12.6. The lowest BCUT2D eigenvalue weighted by atomic mass is 10.2. The fourth-order valence-electron chi connectivity index (χ4n) is 3.53. The van der Waals surface area contributed by atoms with Gasteiger partial charge in [-0.15, -0.1) is 10.2 Å². The monoisotopic (exact) mass is 500 g/mol. The lowest BCUT2D eigenvalue weighted by Crippen LogP contribution is -2.13. The minimum Gasteiger partial charge on any atom is -0.378 e. The van der Waals surface area contributed by atoms with E-state index in [0.29, 0.717) is 30.1 Å². The molecule has 0 bridgehead atoms. The molecule has 4 rings (SSSR count). The van der Waals surface area contributed by atoms with Crippen LogP contribution in [0.2, 0.25) is 0 Å². The first kappa shape index (κ1) is 25.0. The van der Waals surface area contributed by atoms with Crippen molar-refractivity contribution in [1.82, 2.24) is 14.8 Å². The second-order valence-electron chi connectivity index (χ2n) is 8.20. The van der Waals surface area contributed by atoms with Gasteiger partial charge in [0.1, 0.15) is 0 Å². The summed E-state index contributed by atoms with van der Waals surface area (Å²) in [5.74, 6) is 1.04. The molecule has 0 atom stereocenters. The Morgan fingerprint density at radius 1 is 0.861 bits per heavy atom. The molecule has 0 aliphatic heterocycles. The average molecular weight is 501 g/mol. The second-order valence-corrected chi connectivity index (χ2v) is 9.26. The van der Waals surface area contributed by atoms with E-state index in [1.165, 1.54) is 24.2 Å². The van der Waals surface area contributed by atoms with E-state index in [0.717, 1.165) is 22.4 Å². The highest BCUT2D eigenvalue weighted by molar-refractivity contribution is 7.99. The molecule has 1 heterocycles. The molecule has 0 radical (unpaired) electrons. The Labute approximate surface area is 214 Å². The van der Waals surface area contributed by atoms with Crippen molar-refractivity contribution < 1.29 is 9.59 Å². The van der Waals surface area contributed by atoms with Crippen LogP contribution in [0.25, 0.3) is 5.69 Å². The van der Waals surface area contributed by atoms with Gasteiger partial charge in [0.2, 0.25) is 11.8 Å².